The minimum atomic E-state index is 0.218. The zero-order valence-electron chi connectivity index (χ0n) is 13.8. The number of anilines is 3. The Bertz CT molecular complexity index is 886. The zero-order chi connectivity index (χ0) is 17.2. The van der Waals surface area contributed by atoms with Gasteiger partial charge in [0.25, 0.3) is 0 Å². The van der Waals surface area contributed by atoms with Crippen LogP contribution in [-0.4, -0.2) is 41.3 Å². The second-order valence-corrected chi connectivity index (χ2v) is 7.14. The predicted molar refractivity (Wildman–Crippen MR) is 102 cm³/mol. The number of thiazole rings is 1. The van der Waals surface area contributed by atoms with Crippen molar-refractivity contribution in [3.8, 4) is 0 Å². The Kier molecular flexibility index (Phi) is 4.70. The minimum Gasteiger partial charge on any atom is -0.383 e. The quantitative estimate of drug-likeness (QED) is 0.677. The summed E-state index contributed by atoms with van der Waals surface area (Å²) in [6, 6.07) is 8.74. The van der Waals surface area contributed by atoms with E-state index in [1.54, 1.807) is 12.6 Å². The Morgan fingerprint density at radius 1 is 1.40 bits per heavy atom. The number of benzene rings is 1. The van der Waals surface area contributed by atoms with Crippen LogP contribution in [-0.2, 0) is 4.74 Å². The molecule has 0 bridgehead atoms. The fraction of sp³-hybridized carbons (Fsp3) is 0.353. The molecule has 2 aromatic heterocycles. The van der Waals surface area contributed by atoms with E-state index >= 15 is 0 Å². The molecule has 1 atom stereocenters. The van der Waals surface area contributed by atoms with Gasteiger partial charge < -0.3 is 15.0 Å². The lowest BCUT2D eigenvalue weighted by Crippen LogP contribution is -2.32. The summed E-state index contributed by atoms with van der Waals surface area (Å²) in [6.07, 6.45) is 2.35. The van der Waals surface area contributed by atoms with E-state index in [0.717, 1.165) is 35.6 Å². The van der Waals surface area contributed by atoms with Crippen molar-refractivity contribution in [1.82, 2.24) is 15.0 Å². The molecule has 0 spiro atoms. The fourth-order valence-corrected chi connectivity index (χ4v) is 4.14. The molecule has 8 heteroatoms. The standard InChI is InChI=1S/C17H18ClN5OS/c1-24-9-13-6-3-7-23(13)12-5-2-4-11(8-12)20-15-14-16(25-10-19-14)22-17(18)21-15/h2,4-5,8,10,13H,3,6-7,9H2,1H3,(H,20,21,22). The molecule has 1 fully saturated rings. The smallest absolute Gasteiger partial charge is 0.225 e. The molecule has 1 N–H and O–H groups in total. The average molecular weight is 376 g/mol. The van der Waals surface area contributed by atoms with Gasteiger partial charge in [-0.25, -0.2) is 9.97 Å². The molecule has 1 unspecified atom stereocenters. The summed E-state index contributed by atoms with van der Waals surface area (Å²) in [5, 5.41) is 3.55. The first kappa shape index (κ1) is 16.5. The summed E-state index contributed by atoms with van der Waals surface area (Å²) in [5.41, 5.74) is 4.61. The van der Waals surface area contributed by atoms with E-state index in [4.69, 9.17) is 16.3 Å². The van der Waals surface area contributed by atoms with Crippen LogP contribution >= 0.6 is 22.9 Å². The number of aromatic nitrogens is 3. The van der Waals surface area contributed by atoms with Crippen LogP contribution in [0.15, 0.2) is 29.8 Å². The SMILES string of the molecule is COCC1CCCN1c1cccc(Nc2nc(Cl)nc3scnc23)c1. The third-order valence-corrected chi connectivity index (χ3v) is 5.24. The highest BCUT2D eigenvalue weighted by Gasteiger charge is 2.24. The number of rotatable bonds is 5. The second kappa shape index (κ2) is 7.11. The number of ether oxygens (including phenoxy) is 1. The Hall–Kier alpha value is -1.96. The van der Waals surface area contributed by atoms with Gasteiger partial charge >= 0.3 is 0 Å². The van der Waals surface area contributed by atoms with Gasteiger partial charge in [0.05, 0.1) is 18.2 Å². The van der Waals surface area contributed by atoms with Gasteiger partial charge in [-0.1, -0.05) is 6.07 Å². The predicted octanol–water partition coefficient (Wildman–Crippen LogP) is 4.10. The van der Waals surface area contributed by atoms with Crippen molar-refractivity contribution in [2.24, 2.45) is 0 Å². The molecule has 1 aromatic carbocycles. The first-order valence-corrected chi connectivity index (χ1v) is 9.40. The summed E-state index contributed by atoms with van der Waals surface area (Å²) in [5.74, 6) is 0.628. The molecule has 0 saturated carbocycles. The molecule has 4 rings (SSSR count). The maximum atomic E-state index is 6.03. The van der Waals surface area contributed by atoms with Crippen LogP contribution in [0.1, 0.15) is 12.8 Å². The number of nitrogens with zero attached hydrogens (tertiary/aromatic N) is 4. The van der Waals surface area contributed by atoms with Crippen LogP contribution in [0.25, 0.3) is 10.3 Å². The van der Waals surface area contributed by atoms with Crippen LogP contribution in [0.5, 0.6) is 0 Å². The van der Waals surface area contributed by atoms with Gasteiger partial charge in [-0.3, -0.25) is 0 Å². The van der Waals surface area contributed by atoms with E-state index in [-0.39, 0.29) is 5.28 Å². The number of hydrogen-bond donors (Lipinski definition) is 1. The van der Waals surface area contributed by atoms with Crippen LogP contribution < -0.4 is 10.2 Å². The number of methoxy groups -OCH3 is 1. The fourth-order valence-electron chi connectivity index (χ4n) is 3.26. The largest absolute Gasteiger partial charge is 0.383 e. The average Bonchev–Trinajstić information content (AvgIpc) is 3.24. The van der Waals surface area contributed by atoms with Crippen molar-refractivity contribution in [3.05, 3.63) is 35.1 Å². The molecule has 0 aliphatic carbocycles. The van der Waals surface area contributed by atoms with Crippen molar-refractivity contribution in [2.45, 2.75) is 18.9 Å². The van der Waals surface area contributed by atoms with Gasteiger partial charge in [0.2, 0.25) is 5.28 Å². The maximum absolute atomic E-state index is 6.03. The summed E-state index contributed by atoms with van der Waals surface area (Å²) in [6.45, 7) is 1.80. The molecule has 1 aliphatic rings. The Labute approximate surface area is 154 Å². The highest BCUT2D eigenvalue weighted by Crippen LogP contribution is 2.30. The second-order valence-electron chi connectivity index (χ2n) is 5.97. The number of halogens is 1. The van der Waals surface area contributed by atoms with Gasteiger partial charge in [-0.2, -0.15) is 4.98 Å². The third-order valence-electron chi connectivity index (χ3n) is 4.35. The van der Waals surface area contributed by atoms with Gasteiger partial charge in [0.1, 0.15) is 5.52 Å². The highest BCUT2D eigenvalue weighted by atomic mass is 35.5. The Morgan fingerprint density at radius 3 is 3.20 bits per heavy atom. The molecule has 25 heavy (non-hydrogen) atoms. The minimum absolute atomic E-state index is 0.218. The molecule has 6 nitrogen and oxygen atoms in total. The van der Waals surface area contributed by atoms with E-state index in [1.807, 2.05) is 12.1 Å². The molecule has 3 heterocycles. The topological polar surface area (TPSA) is 63.2 Å². The third kappa shape index (κ3) is 3.40. The zero-order valence-corrected chi connectivity index (χ0v) is 15.3. The van der Waals surface area contributed by atoms with Crippen LogP contribution in [0.2, 0.25) is 5.28 Å². The Balaban J connectivity index is 1.62. The maximum Gasteiger partial charge on any atom is 0.225 e. The van der Waals surface area contributed by atoms with Gasteiger partial charge in [-0.15, -0.1) is 11.3 Å². The van der Waals surface area contributed by atoms with Crippen molar-refractivity contribution >= 4 is 50.5 Å². The van der Waals surface area contributed by atoms with E-state index in [2.05, 4.69) is 37.3 Å². The van der Waals surface area contributed by atoms with Crippen LogP contribution in [0, 0.1) is 0 Å². The van der Waals surface area contributed by atoms with Crippen LogP contribution in [0.4, 0.5) is 17.2 Å². The van der Waals surface area contributed by atoms with Crippen molar-refractivity contribution in [2.75, 3.05) is 30.5 Å². The summed E-state index contributed by atoms with van der Waals surface area (Å²) >= 11 is 7.48. The lowest BCUT2D eigenvalue weighted by Gasteiger charge is -2.26. The molecule has 130 valence electrons. The molecule has 1 aliphatic heterocycles. The van der Waals surface area contributed by atoms with E-state index in [9.17, 15) is 0 Å². The normalized spacial score (nSPS) is 17.4. The summed E-state index contributed by atoms with van der Waals surface area (Å²) in [7, 11) is 1.76. The number of hydrogen-bond acceptors (Lipinski definition) is 7. The molecule has 1 saturated heterocycles. The molecular formula is C17H18ClN5OS. The van der Waals surface area contributed by atoms with Crippen molar-refractivity contribution < 1.29 is 4.74 Å². The molecular weight excluding hydrogens is 358 g/mol. The van der Waals surface area contributed by atoms with Gasteiger partial charge in [0, 0.05) is 25.0 Å². The summed E-state index contributed by atoms with van der Waals surface area (Å²) in [4.78, 5) is 16.0. The van der Waals surface area contributed by atoms with Crippen molar-refractivity contribution in [1.29, 1.82) is 0 Å². The van der Waals surface area contributed by atoms with Gasteiger partial charge in [0.15, 0.2) is 10.6 Å². The highest BCUT2D eigenvalue weighted by molar-refractivity contribution is 7.16. The van der Waals surface area contributed by atoms with E-state index in [1.165, 1.54) is 23.4 Å². The number of nitrogens with one attached hydrogen (secondary N) is 1. The monoisotopic (exact) mass is 375 g/mol. The first-order chi connectivity index (χ1) is 12.2. The van der Waals surface area contributed by atoms with Crippen molar-refractivity contribution in [3.63, 3.8) is 0 Å². The van der Waals surface area contributed by atoms with E-state index < -0.39 is 0 Å². The summed E-state index contributed by atoms with van der Waals surface area (Å²) < 4.78 is 5.36. The lowest BCUT2D eigenvalue weighted by molar-refractivity contribution is 0.181. The van der Waals surface area contributed by atoms with Gasteiger partial charge in [-0.05, 0) is 42.6 Å². The first-order valence-electron chi connectivity index (χ1n) is 8.14. The van der Waals surface area contributed by atoms with Crippen LogP contribution in [0.3, 0.4) is 0 Å². The van der Waals surface area contributed by atoms with E-state index in [0.29, 0.717) is 11.9 Å². The number of fused-ring (bicyclic) bond motifs is 1. The molecule has 0 radical (unpaired) electrons. The Morgan fingerprint density at radius 2 is 2.32 bits per heavy atom. The molecule has 0 amide bonds. The lowest BCUT2D eigenvalue weighted by atomic mass is 10.2. The molecule has 3 aromatic rings.